The summed E-state index contributed by atoms with van der Waals surface area (Å²) in [6.45, 7) is 0. The monoisotopic (exact) mass is 235 g/mol. The van der Waals surface area contributed by atoms with Gasteiger partial charge < -0.3 is 10.1 Å². The van der Waals surface area contributed by atoms with Crippen LogP contribution in [0.3, 0.4) is 0 Å². The molecule has 1 aromatic rings. The standard InChI is InChI=1S/C14H18FNO/c1-17-14-12(3-2-4-13(14)15)9-7-10-5-6-11(8-9)16-10/h2-4,9-11,16H,5-8H2,1H3/t9?,10-,11+. The Morgan fingerprint density at radius 1 is 1.24 bits per heavy atom. The molecule has 0 radical (unpaired) electrons. The van der Waals surface area contributed by atoms with Gasteiger partial charge in [0.05, 0.1) is 7.11 Å². The van der Waals surface area contributed by atoms with Crippen molar-refractivity contribution in [1.29, 1.82) is 0 Å². The number of fused-ring (bicyclic) bond motifs is 2. The highest BCUT2D eigenvalue weighted by Crippen LogP contribution is 2.41. The number of methoxy groups -OCH3 is 1. The maximum absolute atomic E-state index is 13.7. The van der Waals surface area contributed by atoms with Gasteiger partial charge in [-0.25, -0.2) is 4.39 Å². The highest BCUT2D eigenvalue weighted by atomic mass is 19.1. The molecule has 3 rings (SSSR count). The molecule has 0 saturated carbocycles. The molecule has 0 aliphatic carbocycles. The van der Waals surface area contributed by atoms with Gasteiger partial charge in [-0.3, -0.25) is 0 Å². The maximum atomic E-state index is 13.7. The molecular weight excluding hydrogens is 217 g/mol. The van der Waals surface area contributed by atoms with E-state index in [9.17, 15) is 4.39 Å². The molecule has 0 spiro atoms. The Kier molecular flexibility index (Phi) is 2.79. The number of hydrogen-bond donors (Lipinski definition) is 1. The third-order valence-corrected chi connectivity index (χ3v) is 4.11. The van der Waals surface area contributed by atoms with Crippen molar-refractivity contribution in [3.63, 3.8) is 0 Å². The van der Waals surface area contributed by atoms with Gasteiger partial charge in [-0.1, -0.05) is 12.1 Å². The normalized spacial score (nSPS) is 31.5. The van der Waals surface area contributed by atoms with Crippen LogP contribution < -0.4 is 10.1 Å². The van der Waals surface area contributed by atoms with E-state index in [1.54, 1.807) is 13.2 Å². The molecule has 0 amide bonds. The molecule has 1 aromatic carbocycles. The second-order valence-corrected chi connectivity index (χ2v) is 5.17. The van der Waals surface area contributed by atoms with E-state index < -0.39 is 0 Å². The van der Waals surface area contributed by atoms with Gasteiger partial charge in [0.1, 0.15) is 0 Å². The number of hydrogen-bond acceptors (Lipinski definition) is 2. The van der Waals surface area contributed by atoms with Crippen molar-refractivity contribution in [2.45, 2.75) is 43.7 Å². The van der Waals surface area contributed by atoms with E-state index in [0.717, 1.165) is 18.4 Å². The van der Waals surface area contributed by atoms with Crippen LogP contribution in [0.25, 0.3) is 0 Å². The lowest BCUT2D eigenvalue weighted by molar-refractivity contribution is 0.339. The van der Waals surface area contributed by atoms with Crippen molar-refractivity contribution in [2.24, 2.45) is 0 Å². The van der Waals surface area contributed by atoms with Crippen LogP contribution in [0.5, 0.6) is 5.75 Å². The Morgan fingerprint density at radius 3 is 2.59 bits per heavy atom. The van der Waals surface area contributed by atoms with Crippen molar-refractivity contribution in [1.82, 2.24) is 5.32 Å². The minimum absolute atomic E-state index is 0.240. The highest BCUT2D eigenvalue weighted by molar-refractivity contribution is 5.38. The molecule has 2 aliphatic rings. The molecule has 17 heavy (non-hydrogen) atoms. The predicted octanol–water partition coefficient (Wildman–Crippen LogP) is 2.83. The first-order chi connectivity index (χ1) is 8.28. The summed E-state index contributed by atoms with van der Waals surface area (Å²) in [7, 11) is 1.55. The minimum Gasteiger partial charge on any atom is -0.493 e. The second-order valence-electron chi connectivity index (χ2n) is 5.17. The zero-order chi connectivity index (χ0) is 11.8. The Balaban J connectivity index is 1.91. The van der Waals surface area contributed by atoms with Gasteiger partial charge >= 0.3 is 0 Å². The van der Waals surface area contributed by atoms with Gasteiger partial charge in [0.2, 0.25) is 0 Å². The van der Waals surface area contributed by atoms with Gasteiger partial charge in [0.15, 0.2) is 11.6 Å². The molecular formula is C14H18FNO. The summed E-state index contributed by atoms with van der Waals surface area (Å²) < 4.78 is 18.9. The molecule has 1 N–H and O–H groups in total. The lowest BCUT2D eigenvalue weighted by Gasteiger charge is -2.30. The van der Waals surface area contributed by atoms with Crippen molar-refractivity contribution in [3.8, 4) is 5.75 Å². The third-order valence-electron chi connectivity index (χ3n) is 4.11. The Hall–Kier alpha value is -1.09. The fourth-order valence-corrected chi connectivity index (χ4v) is 3.37. The Labute approximate surface area is 101 Å². The quantitative estimate of drug-likeness (QED) is 0.851. The number of ether oxygens (including phenoxy) is 1. The van der Waals surface area contributed by atoms with E-state index in [1.165, 1.54) is 18.9 Å². The van der Waals surface area contributed by atoms with Crippen LogP contribution in [0, 0.1) is 5.82 Å². The minimum atomic E-state index is -0.240. The molecule has 2 nitrogen and oxygen atoms in total. The predicted molar refractivity (Wildman–Crippen MR) is 64.9 cm³/mol. The zero-order valence-electron chi connectivity index (χ0n) is 10.1. The van der Waals surface area contributed by atoms with Gasteiger partial charge in [-0.05, 0) is 37.7 Å². The fraction of sp³-hybridized carbons (Fsp3) is 0.571. The molecule has 2 aliphatic heterocycles. The summed E-state index contributed by atoms with van der Waals surface area (Å²) in [6, 6.07) is 6.50. The largest absolute Gasteiger partial charge is 0.493 e. The fourth-order valence-electron chi connectivity index (χ4n) is 3.37. The highest BCUT2D eigenvalue weighted by Gasteiger charge is 2.35. The average Bonchev–Trinajstić information content (AvgIpc) is 2.68. The van der Waals surface area contributed by atoms with E-state index in [0.29, 0.717) is 23.8 Å². The molecule has 2 fully saturated rings. The average molecular weight is 235 g/mol. The van der Waals surface area contributed by atoms with Crippen LogP contribution >= 0.6 is 0 Å². The first-order valence-electron chi connectivity index (χ1n) is 6.36. The summed E-state index contributed by atoms with van der Waals surface area (Å²) in [5.41, 5.74) is 1.05. The van der Waals surface area contributed by atoms with Crippen LogP contribution in [0.4, 0.5) is 4.39 Å². The first-order valence-corrected chi connectivity index (χ1v) is 6.36. The molecule has 92 valence electrons. The van der Waals surface area contributed by atoms with Crippen molar-refractivity contribution in [3.05, 3.63) is 29.6 Å². The number of para-hydroxylation sites is 1. The van der Waals surface area contributed by atoms with E-state index >= 15 is 0 Å². The Morgan fingerprint density at radius 2 is 1.94 bits per heavy atom. The molecule has 3 heteroatoms. The molecule has 2 bridgehead atoms. The molecule has 0 aromatic heterocycles. The number of benzene rings is 1. The van der Waals surface area contributed by atoms with E-state index in [1.807, 2.05) is 6.07 Å². The van der Waals surface area contributed by atoms with Crippen LogP contribution in [0.2, 0.25) is 0 Å². The van der Waals surface area contributed by atoms with Crippen LogP contribution in [-0.4, -0.2) is 19.2 Å². The molecule has 3 atom stereocenters. The van der Waals surface area contributed by atoms with E-state index in [2.05, 4.69) is 5.32 Å². The SMILES string of the molecule is COc1c(F)cccc1C1C[C@H]2CC[C@@H](C1)N2. The number of halogens is 1. The summed E-state index contributed by atoms with van der Waals surface area (Å²) >= 11 is 0. The van der Waals surface area contributed by atoms with Gasteiger partial charge in [0, 0.05) is 17.6 Å². The smallest absolute Gasteiger partial charge is 0.165 e. The zero-order valence-corrected chi connectivity index (χ0v) is 10.1. The van der Waals surface area contributed by atoms with Crippen molar-refractivity contribution in [2.75, 3.05) is 7.11 Å². The second kappa shape index (κ2) is 4.30. The lowest BCUT2D eigenvalue weighted by atomic mass is 9.85. The van der Waals surface area contributed by atoms with E-state index in [4.69, 9.17) is 4.74 Å². The lowest BCUT2D eigenvalue weighted by Crippen LogP contribution is -2.37. The number of rotatable bonds is 2. The van der Waals surface area contributed by atoms with Crippen LogP contribution in [0.1, 0.15) is 37.2 Å². The Bertz CT molecular complexity index is 409. The van der Waals surface area contributed by atoms with Crippen LogP contribution in [0.15, 0.2) is 18.2 Å². The van der Waals surface area contributed by atoms with Gasteiger partial charge in [0.25, 0.3) is 0 Å². The number of nitrogens with one attached hydrogen (secondary N) is 1. The molecule has 1 unspecified atom stereocenters. The first kappa shape index (κ1) is 11.0. The topological polar surface area (TPSA) is 21.3 Å². The maximum Gasteiger partial charge on any atom is 0.165 e. The summed E-state index contributed by atoms with van der Waals surface area (Å²) in [4.78, 5) is 0. The summed E-state index contributed by atoms with van der Waals surface area (Å²) in [6.07, 6.45) is 4.74. The third kappa shape index (κ3) is 1.93. The number of piperidine rings is 1. The summed E-state index contributed by atoms with van der Waals surface area (Å²) in [5, 5.41) is 3.61. The molecule has 2 heterocycles. The van der Waals surface area contributed by atoms with Crippen molar-refractivity contribution < 1.29 is 9.13 Å². The summed E-state index contributed by atoms with van der Waals surface area (Å²) in [5.74, 6) is 0.647. The van der Waals surface area contributed by atoms with Gasteiger partial charge in [-0.2, -0.15) is 0 Å². The van der Waals surface area contributed by atoms with Crippen LogP contribution in [-0.2, 0) is 0 Å². The molecule has 2 saturated heterocycles. The van der Waals surface area contributed by atoms with Gasteiger partial charge in [-0.15, -0.1) is 0 Å². The van der Waals surface area contributed by atoms with Crippen molar-refractivity contribution >= 4 is 0 Å². The van der Waals surface area contributed by atoms with E-state index in [-0.39, 0.29) is 5.82 Å².